The molecule has 0 amide bonds. The van der Waals surface area contributed by atoms with Crippen LogP contribution >= 0.6 is 0 Å². The van der Waals surface area contributed by atoms with E-state index in [0.29, 0.717) is 5.75 Å². The van der Waals surface area contributed by atoms with Gasteiger partial charge in [0.1, 0.15) is 0 Å². The quantitative estimate of drug-likeness (QED) is 0.307. The second-order valence-corrected chi connectivity index (χ2v) is 6.21. The summed E-state index contributed by atoms with van der Waals surface area (Å²) in [5.41, 5.74) is 5.13. The van der Waals surface area contributed by atoms with Gasteiger partial charge in [-0.25, -0.2) is 5.26 Å². The van der Waals surface area contributed by atoms with Gasteiger partial charge < -0.3 is 9.79 Å². The summed E-state index contributed by atoms with van der Waals surface area (Å²) in [5.74, 6) is 0.417. The summed E-state index contributed by atoms with van der Waals surface area (Å²) >= 11 is 0. The molecule has 4 heteroatoms. The van der Waals surface area contributed by atoms with Crippen LogP contribution in [0.5, 0.6) is 5.75 Å². The second-order valence-electron chi connectivity index (χ2n) is 6.21. The van der Waals surface area contributed by atoms with Gasteiger partial charge in [-0.3, -0.25) is 0 Å². The van der Waals surface area contributed by atoms with E-state index in [1.807, 2.05) is 66.7 Å². The van der Waals surface area contributed by atoms with Crippen LogP contribution in [0, 0.1) is 0 Å². The number of rotatable bonds is 6. The third kappa shape index (κ3) is 3.74. The minimum Gasteiger partial charge on any atom is -0.310 e. The van der Waals surface area contributed by atoms with Crippen LogP contribution < -0.4 is 9.79 Å². The molecule has 0 aliphatic rings. The Hall–Kier alpha value is -3.60. The standard InChI is InChI=1S/C24H19NO3/c26-28-27-22-15-9-10-19(18-22)23-16-7-8-17-24(23)25(20-11-3-1-4-12-20)21-13-5-2-6-14-21/h1-18,26H. The average molecular weight is 369 g/mol. The van der Waals surface area contributed by atoms with E-state index < -0.39 is 0 Å². The molecule has 0 saturated heterocycles. The molecule has 0 heterocycles. The fraction of sp³-hybridized carbons (Fsp3) is 0. The van der Waals surface area contributed by atoms with E-state index in [9.17, 15) is 0 Å². The van der Waals surface area contributed by atoms with Gasteiger partial charge in [-0.05, 0) is 53.1 Å². The Balaban J connectivity index is 1.88. The lowest BCUT2D eigenvalue weighted by Crippen LogP contribution is -2.10. The minimum atomic E-state index is 0.417. The molecular weight excluding hydrogens is 350 g/mol. The van der Waals surface area contributed by atoms with E-state index >= 15 is 0 Å². The lowest BCUT2D eigenvalue weighted by atomic mass is 10.0. The molecule has 0 bridgehead atoms. The van der Waals surface area contributed by atoms with Crippen molar-refractivity contribution in [3.05, 3.63) is 109 Å². The predicted molar refractivity (Wildman–Crippen MR) is 111 cm³/mol. The van der Waals surface area contributed by atoms with Crippen molar-refractivity contribution in [2.75, 3.05) is 4.90 Å². The lowest BCUT2D eigenvalue weighted by Gasteiger charge is -2.27. The molecule has 1 N–H and O–H groups in total. The number of nitrogens with zero attached hydrogens (tertiary/aromatic N) is 1. The molecule has 0 spiro atoms. The van der Waals surface area contributed by atoms with Crippen LogP contribution in [0.15, 0.2) is 109 Å². The van der Waals surface area contributed by atoms with Crippen molar-refractivity contribution in [2.24, 2.45) is 0 Å². The predicted octanol–water partition coefficient (Wildman–Crippen LogP) is 6.61. The Labute approximate surface area is 163 Å². The van der Waals surface area contributed by atoms with Gasteiger partial charge in [-0.15, -0.1) is 0 Å². The molecule has 4 rings (SSSR count). The van der Waals surface area contributed by atoms with Gasteiger partial charge in [-0.1, -0.05) is 66.7 Å². The highest BCUT2D eigenvalue weighted by atomic mass is 17.5. The van der Waals surface area contributed by atoms with Crippen LogP contribution in [-0.4, -0.2) is 5.26 Å². The van der Waals surface area contributed by atoms with Gasteiger partial charge in [0.2, 0.25) is 0 Å². The number of anilines is 3. The van der Waals surface area contributed by atoms with Crippen LogP contribution in [0.1, 0.15) is 0 Å². The molecule has 28 heavy (non-hydrogen) atoms. The zero-order valence-corrected chi connectivity index (χ0v) is 15.1. The van der Waals surface area contributed by atoms with Gasteiger partial charge in [-0.2, -0.15) is 0 Å². The zero-order chi connectivity index (χ0) is 19.2. The van der Waals surface area contributed by atoms with E-state index in [1.165, 1.54) is 0 Å². The number of benzene rings is 4. The van der Waals surface area contributed by atoms with Crippen molar-refractivity contribution in [2.45, 2.75) is 0 Å². The van der Waals surface area contributed by atoms with Crippen LogP contribution in [0.25, 0.3) is 11.1 Å². The molecule has 0 saturated carbocycles. The first kappa shape index (κ1) is 17.8. The highest BCUT2D eigenvalue weighted by Crippen LogP contribution is 2.40. The molecule has 0 unspecified atom stereocenters. The molecule has 0 radical (unpaired) electrons. The van der Waals surface area contributed by atoms with Crippen LogP contribution in [0.3, 0.4) is 0 Å². The Morgan fingerprint density at radius 1 is 0.607 bits per heavy atom. The third-order valence-electron chi connectivity index (χ3n) is 4.45. The van der Waals surface area contributed by atoms with E-state index in [1.54, 1.807) is 6.07 Å². The smallest absolute Gasteiger partial charge is 0.169 e. The fourth-order valence-corrected chi connectivity index (χ4v) is 3.25. The molecule has 138 valence electrons. The van der Waals surface area contributed by atoms with Crippen molar-refractivity contribution >= 4 is 17.1 Å². The van der Waals surface area contributed by atoms with E-state index in [0.717, 1.165) is 28.2 Å². The van der Waals surface area contributed by atoms with Gasteiger partial charge in [0, 0.05) is 16.9 Å². The summed E-state index contributed by atoms with van der Waals surface area (Å²) in [4.78, 5) is 6.99. The Morgan fingerprint density at radius 2 is 1.21 bits per heavy atom. The second kappa shape index (κ2) is 8.39. The topological polar surface area (TPSA) is 41.9 Å². The SMILES string of the molecule is OOOc1cccc(-c2ccccc2N(c2ccccc2)c2ccccc2)c1. The van der Waals surface area contributed by atoms with Crippen molar-refractivity contribution in [3.63, 3.8) is 0 Å². The molecule has 4 nitrogen and oxygen atoms in total. The molecule has 4 aromatic carbocycles. The molecule has 0 aliphatic carbocycles. The minimum absolute atomic E-state index is 0.417. The number of hydrogen-bond donors (Lipinski definition) is 1. The summed E-state index contributed by atoms with van der Waals surface area (Å²) in [5, 5.41) is 12.4. The Kier molecular flexibility index (Phi) is 5.33. The largest absolute Gasteiger partial charge is 0.310 e. The number of para-hydroxylation sites is 3. The average Bonchev–Trinajstić information content (AvgIpc) is 2.76. The first-order valence-corrected chi connectivity index (χ1v) is 8.94. The molecule has 0 atom stereocenters. The van der Waals surface area contributed by atoms with Gasteiger partial charge in [0.25, 0.3) is 0 Å². The van der Waals surface area contributed by atoms with Crippen molar-refractivity contribution in [1.82, 2.24) is 0 Å². The van der Waals surface area contributed by atoms with Gasteiger partial charge in [0.05, 0.1) is 5.69 Å². The highest BCUT2D eigenvalue weighted by Gasteiger charge is 2.16. The molecule has 4 aromatic rings. The van der Waals surface area contributed by atoms with Crippen molar-refractivity contribution in [1.29, 1.82) is 0 Å². The molecule has 0 aromatic heterocycles. The van der Waals surface area contributed by atoms with E-state index in [4.69, 9.17) is 10.1 Å². The van der Waals surface area contributed by atoms with E-state index in [2.05, 4.69) is 46.3 Å². The maximum atomic E-state index is 8.59. The number of hydrogen-bond acceptors (Lipinski definition) is 4. The van der Waals surface area contributed by atoms with Crippen LogP contribution in [0.2, 0.25) is 0 Å². The maximum absolute atomic E-state index is 8.59. The fourth-order valence-electron chi connectivity index (χ4n) is 3.25. The van der Waals surface area contributed by atoms with Crippen LogP contribution in [-0.2, 0) is 5.04 Å². The highest BCUT2D eigenvalue weighted by molar-refractivity contribution is 5.88. The third-order valence-corrected chi connectivity index (χ3v) is 4.45. The summed E-state index contributed by atoms with van der Waals surface area (Å²) in [6, 6.07) is 36.0. The lowest BCUT2D eigenvalue weighted by molar-refractivity contribution is -0.438. The summed E-state index contributed by atoms with van der Waals surface area (Å²) in [6.07, 6.45) is 0. The Morgan fingerprint density at radius 3 is 1.86 bits per heavy atom. The van der Waals surface area contributed by atoms with Crippen molar-refractivity contribution in [3.8, 4) is 16.9 Å². The monoisotopic (exact) mass is 369 g/mol. The van der Waals surface area contributed by atoms with E-state index in [-0.39, 0.29) is 0 Å². The Bertz CT molecular complexity index is 996. The first-order valence-electron chi connectivity index (χ1n) is 8.94. The summed E-state index contributed by atoms with van der Waals surface area (Å²) in [6.45, 7) is 0. The summed E-state index contributed by atoms with van der Waals surface area (Å²) < 4.78 is 0. The van der Waals surface area contributed by atoms with Gasteiger partial charge >= 0.3 is 0 Å². The van der Waals surface area contributed by atoms with Crippen molar-refractivity contribution < 1.29 is 15.2 Å². The molecule has 0 fully saturated rings. The molecular formula is C24H19NO3. The van der Waals surface area contributed by atoms with Gasteiger partial charge in [0.15, 0.2) is 5.75 Å². The maximum Gasteiger partial charge on any atom is 0.169 e. The first-order chi connectivity index (χ1) is 13.9. The normalized spacial score (nSPS) is 10.5. The summed E-state index contributed by atoms with van der Waals surface area (Å²) in [7, 11) is 0. The van der Waals surface area contributed by atoms with Crippen LogP contribution in [0.4, 0.5) is 17.1 Å². The molecule has 0 aliphatic heterocycles. The zero-order valence-electron chi connectivity index (χ0n) is 15.1.